The molecule has 3 fully saturated rings. The van der Waals surface area contributed by atoms with E-state index >= 15 is 0 Å². The third kappa shape index (κ3) is 2.87. The van der Waals surface area contributed by atoms with Crippen LogP contribution in [0.2, 0.25) is 0 Å². The summed E-state index contributed by atoms with van der Waals surface area (Å²) >= 11 is 0. The van der Waals surface area contributed by atoms with E-state index in [1.807, 2.05) is 36.1 Å². The lowest BCUT2D eigenvalue weighted by Gasteiger charge is -2.41. The highest BCUT2D eigenvalue weighted by Crippen LogP contribution is 2.39. The Morgan fingerprint density at radius 3 is 2.12 bits per heavy atom. The van der Waals surface area contributed by atoms with E-state index in [1.54, 1.807) is 0 Å². The lowest BCUT2D eigenvalue weighted by atomic mass is 9.95. The van der Waals surface area contributed by atoms with Crippen molar-refractivity contribution in [2.45, 2.75) is 63.6 Å². The average Bonchev–Trinajstić information content (AvgIpc) is 3.11. The molecule has 3 saturated heterocycles. The quantitative estimate of drug-likeness (QED) is 0.777. The summed E-state index contributed by atoms with van der Waals surface area (Å²) in [4.78, 5) is 40.6. The molecule has 1 aromatic rings. The zero-order valence-electron chi connectivity index (χ0n) is 15.0. The van der Waals surface area contributed by atoms with Gasteiger partial charge < -0.3 is 9.64 Å². The summed E-state index contributed by atoms with van der Waals surface area (Å²) in [7, 11) is 0. The van der Waals surface area contributed by atoms with Gasteiger partial charge in [-0.2, -0.15) is 0 Å². The molecule has 3 heterocycles. The number of amides is 3. The van der Waals surface area contributed by atoms with E-state index in [0.717, 1.165) is 18.6 Å². The van der Waals surface area contributed by atoms with Gasteiger partial charge in [0.05, 0.1) is 6.61 Å². The van der Waals surface area contributed by atoms with Crippen LogP contribution in [0.4, 0.5) is 0 Å². The van der Waals surface area contributed by atoms with Crippen molar-refractivity contribution in [2.75, 3.05) is 6.61 Å². The topological polar surface area (TPSA) is 66.9 Å². The van der Waals surface area contributed by atoms with Crippen LogP contribution in [-0.4, -0.2) is 52.3 Å². The Hall–Kier alpha value is -2.37. The molecule has 2 unspecified atom stereocenters. The number of fused-ring (bicyclic) bond motifs is 2. The van der Waals surface area contributed by atoms with Gasteiger partial charge in [0.1, 0.15) is 5.75 Å². The van der Waals surface area contributed by atoms with Gasteiger partial charge in [-0.15, -0.1) is 0 Å². The molecule has 3 aliphatic rings. The molecule has 1 aromatic carbocycles. The van der Waals surface area contributed by atoms with Gasteiger partial charge in [-0.25, -0.2) is 0 Å². The first-order valence-corrected chi connectivity index (χ1v) is 9.49. The normalized spacial score (nSPS) is 28.0. The second-order valence-corrected chi connectivity index (χ2v) is 7.34. The Morgan fingerprint density at radius 2 is 1.58 bits per heavy atom. The highest BCUT2D eigenvalue weighted by Gasteiger charge is 2.47. The number of imide groups is 1. The van der Waals surface area contributed by atoms with Crippen LogP contribution in [0.5, 0.6) is 5.75 Å². The van der Waals surface area contributed by atoms with Crippen LogP contribution in [0.1, 0.15) is 55.8 Å². The second-order valence-electron chi connectivity index (χ2n) is 7.34. The first-order valence-electron chi connectivity index (χ1n) is 9.49. The summed E-state index contributed by atoms with van der Waals surface area (Å²) in [6.07, 6.45) is 3.97. The standard InChI is InChI=1S/C20H24N2O4/c1-2-26-17-7-3-13(4-8-17)20(25)21-14-5-6-15(21)12-16(11-14)22-18(23)9-10-19(22)24/h3-4,7-8,14-16H,2,5-6,9-12H2,1H3. The van der Waals surface area contributed by atoms with Gasteiger partial charge in [0.15, 0.2) is 0 Å². The average molecular weight is 356 g/mol. The summed E-state index contributed by atoms with van der Waals surface area (Å²) < 4.78 is 5.44. The zero-order valence-corrected chi connectivity index (χ0v) is 15.0. The predicted octanol–water partition coefficient (Wildman–Crippen LogP) is 2.37. The van der Waals surface area contributed by atoms with Crippen LogP contribution >= 0.6 is 0 Å². The number of carbonyl (C=O) groups excluding carboxylic acids is 3. The number of carbonyl (C=O) groups is 3. The number of hydrogen-bond acceptors (Lipinski definition) is 4. The molecule has 6 nitrogen and oxygen atoms in total. The molecule has 0 aromatic heterocycles. The lowest BCUT2D eigenvalue weighted by Crippen LogP contribution is -2.53. The molecular weight excluding hydrogens is 332 g/mol. The Kier molecular flexibility index (Phi) is 4.42. The lowest BCUT2D eigenvalue weighted by molar-refractivity contribution is -0.142. The van der Waals surface area contributed by atoms with Crippen molar-refractivity contribution in [3.8, 4) is 5.75 Å². The molecule has 3 amide bonds. The molecule has 2 bridgehead atoms. The summed E-state index contributed by atoms with van der Waals surface area (Å²) in [5, 5.41) is 0. The summed E-state index contributed by atoms with van der Waals surface area (Å²) in [5.41, 5.74) is 0.664. The van der Waals surface area contributed by atoms with E-state index in [9.17, 15) is 14.4 Å². The largest absolute Gasteiger partial charge is 0.494 e. The fourth-order valence-electron chi connectivity index (χ4n) is 4.70. The van der Waals surface area contributed by atoms with Crippen molar-refractivity contribution in [1.82, 2.24) is 9.80 Å². The van der Waals surface area contributed by atoms with Crippen LogP contribution in [-0.2, 0) is 9.59 Å². The maximum atomic E-state index is 13.0. The van der Waals surface area contributed by atoms with Crippen LogP contribution in [0, 0.1) is 0 Å². The minimum Gasteiger partial charge on any atom is -0.494 e. The van der Waals surface area contributed by atoms with Gasteiger partial charge >= 0.3 is 0 Å². The SMILES string of the molecule is CCOc1ccc(C(=O)N2C3CCC2CC(N2C(=O)CCC2=O)C3)cc1. The number of likely N-dealkylation sites (tertiary alicyclic amines) is 1. The van der Waals surface area contributed by atoms with E-state index in [0.29, 0.717) is 37.9 Å². The van der Waals surface area contributed by atoms with Crippen molar-refractivity contribution >= 4 is 17.7 Å². The maximum absolute atomic E-state index is 13.0. The minimum atomic E-state index is -0.0503. The number of piperidine rings is 1. The van der Waals surface area contributed by atoms with Crippen molar-refractivity contribution in [2.24, 2.45) is 0 Å². The van der Waals surface area contributed by atoms with Crippen molar-refractivity contribution in [3.05, 3.63) is 29.8 Å². The Balaban J connectivity index is 1.48. The Labute approximate surface area is 153 Å². The van der Waals surface area contributed by atoms with Crippen molar-refractivity contribution in [3.63, 3.8) is 0 Å². The molecule has 3 aliphatic heterocycles. The highest BCUT2D eigenvalue weighted by molar-refractivity contribution is 6.02. The van der Waals surface area contributed by atoms with Gasteiger partial charge in [0.25, 0.3) is 5.91 Å². The number of ether oxygens (including phenoxy) is 1. The molecule has 138 valence electrons. The second kappa shape index (κ2) is 6.74. The minimum absolute atomic E-state index is 0.0399. The molecule has 0 N–H and O–H groups in total. The van der Waals surface area contributed by atoms with Gasteiger partial charge in [0.2, 0.25) is 11.8 Å². The number of rotatable bonds is 4. The van der Waals surface area contributed by atoms with Gasteiger partial charge in [0, 0.05) is 36.5 Å². The first-order chi connectivity index (χ1) is 12.6. The number of benzene rings is 1. The maximum Gasteiger partial charge on any atom is 0.254 e. The molecule has 0 saturated carbocycles. The first kappa shape index (κ1) is 17.1. The highest BCUT2D eigenvalue weighted by atomic mass is 16.5. The zero-order chi connectivity index (χ0) is 18.3. The number of nitrogens with zero attached hydrogens (tertiary/aromatic N) is 2. The van der Waals surface area contributed by atoms with Crippen LogP contribution in [0.15, 0.2) is 24.3 Å². The molecule has 6 heteroatoms. The molecule has 0 aliphatic carbocycles. The van der Waals surface area contributed by atoms with Crippen LogP contribution in [0.25, 0.3) is 0 Å². The smallest absolute Gasteiger partial charge is 0.254 e. The van der Waals surface area contributed by atoms with E-state index < -0.39 is 0 Å². The molecule has 0 radical (unpaired) electrons. The monoisotopic (exact) mass is 356 g/mol. The molecule has 4 rings (SSSR count). The van der Waals surface area contributed by atoms with E-state index in [4.69, 9.17) is 4.74 Å². The van der Waals surface area contributed by atoms with Crippen molar-refractivity contribution in [1.29, 1.82) is 0 Å². The van der Waals surface area contributed by atoms with Crippen molar-refractivity contribution < 1.29 is 19.1 Å². The van der Waals surface area contributed by atoms with Gasteiger partial charge in [-0.1, -0.05) is 0 Å². The van der Waals surface area contributed by atoms with Crippen LogP contribution in [0.3, 0.4) is 0 Å². The molecular formula is C20H24N2O4. The van der Waals surface area contributed by atoms with Gasteiger partial charge in [-0.3, -0.25) is 19.3 Å². The molecule has 26 heavy (non-hydrogen) atoms. The summed E-state index contributed by atoms with van der Waals surface area (Å²) in [5.74, 6) is 0.700. The molecule has 2 atom stereocenters. The summed E-state index contributed by atoms with van der Waals surface area (Å²) in [6.45, 7) is 2.52. The predicted molar refractivity (Wildman–Crippen MR) is 94.7 cm³/mol. The van der Waals surface area contributed by atoms with E-state index in [-0.39, 0.29) is 35.8 Å². The third-order valence-electron chi connectivity index (χ3n) is 5.81. The summed E-state index contributed by atoms with van der Waals surface area (Å²) in [6, 6.07) is 7.45. The fraction of sp³-hybridized carbons (Fsp3) is 0.550. The third-order valence-corrected chi connectivity index (χ3v) is 5.81. The number of hydrogen-bond donors (Lipinski definition) is 0. The van der Waals surface area contributed by atoms with E-state index in [2.05, 4.69) is 0 Å². The fourth-order valence-corrected chi connectivity index (χ4v) is 4.70. The molecule has 0 spiro atoms. The Morgan fingerprint density at radius 1 is 1.00 bits per heavy atom. The Bertz CT molecular complexity index is 700. The van der Waals surface area contributed by atoms with E-state index in [1.165, 1.54) is 4.90 Å². The van der Waals surface area contributed by atoms with Gasteiger partial charge in [-0.05, 0) is 56.9 Å². The van der Waals surface area contributed by atoms with Crippen LogP contribution < -0.4 is 4.74 Å².